The molecule has 0 saturated carbocycles. The molecular weight excluding hydrogens is 412 g/mol. The van der Waals surface area contributed by atoms with Gasteiger partial charge in [0.05, 0.1) is 7.11 Å². The quantitative estimate of drug-likeness (QED) is 0.256. The van der Waals surface area contributed by atoms with E-state index in [9.17, 15) is 0 Å². The summed E-state index contributed by atoms with van der Waals surface area (Å²) in [5.74, 6) is 2.44. The maximum atomic E-state index is 7.45. The minimum absolute atomic E-state index is 0.0459. The summed E-state index contributed by atoms with van der Waals surface area (Å²) in [5, 5.41) is 7.45. The summed E-state index contributed by atoms with van der Waals surface area (Å²) in [7, 11) is 1.67. The van der Waals surface area contributed by atoms with Crippen LogP contribution in [0.15, 0.2) is 97.1 Å². The molecule has 4 rings (SSSR count). The number of nitrogens with two attached hydrogens (primary N) is 1. The molecule has 166 valence electrons. The highest BCUT2D eigenvalue weighted by atomic mass is 16.5. The molecule has 0 heterocycles. The molecule has 0 amide bonds. The molecule has 0 spiro atoms. The molecule has 0 atom stereocenters. The minimum atomic E-state index is 0.0459. The molecule has 5 nitrogen and oxygen atoms in total. The Kier molecular flexibility index (Phi) is 6.90. The van der Waals surface area contributed by atoms with Gasteiger partial charge < -0.3 is 19.9 Å². The summed E-state index contributed by atoms with van der Waals surface area (Å²) in [6, 6.07) is 31.4. The fourth-order valence-electron chi connectivity index (χ4n) is 3.40. The molecule has 4 aromatic carbocycles. The Morgan fingerprint density at radius 1 is 0.667 bits per heavy atom. The van der Waals surface area contributed by atoms with E-state index in [2.05, 4.69) is 18.2 Å². The van der Waals surface area contributed by atoms with Gasteiger partial charge in [0, 0.05) is 5.56 Å². The first-order valence-corrected chi connectivity index (χ1v) is 10.6. The van der Waals surface area contributed by atoms with Gasteiger partial charge in [-0.05, 0) is 76.9 Å². The molecule has 4 aromatic rings. The van der Waals surface area contributed by atoms with Crippen LogP contribution in [0.1, 0.15) is 16.7 Å². The molecule has 0 aromatic heterocycles. The molecule has 0 radical (unpaired) electrons. The average Bonchev–Trinajstić information content (AvgIpc) is 2.87. The van der Waals surface area contributed by atoms with Crippen molar-refractivity contribution in [3.8, 4) is 28.4 Å². The second-order valence-corrected chi connectivity index (χ2v) is 7.59. The molecule has 0 bridgehead atoms. The molecule has 0 saturated heterocycles. The number of nitrogens with one attached hydrogen (secondary N) is 1. The van der Waals surface area contributed by atoms with E-state index in [1.807, 2.05) is 66.7 Å². The van der Waals surface area contributed by atoms with Gasteiger partial charge in [-0.3, -0.25) is 5.41 Å². The lowest BCUT2D eigenvalue weighted by atomic mass is 10.1. The second-order valence-electron chi connectivity index (χ2n) is 7.59. The van der Waals surface area contributed by atoms with Gasteiger partial charge in [-0.1, -0.05) is 42.5 Å². The highest BCUT2D eigenvalue weighted by molar-refractivity contribution is 5.94. The van der Waals surface area contributed by atoms with Crippen LogP contribution >= 0.6 is 0 Å². The zero-order valence-electron chi connectivity index (χ0n) is 18.5. The van der Waals surface area contributed by atoms with Crippen molar-refractivity contribution >= 4 is 5.84 Å². The number of hydrogen-bond acceptors (Lipinski definition) is 4. The van der Waals surface area contributed by atoms with E-state index in [4.69, 9.17) is 25.4 Å². The van der Waals surface area contributed by atoms with Gasteiger partial charge in [-0.15, -0.1) is 0 Å². The second kappa shape index (κ2) is 10.4. The lowest BCUT2D eigenvalue weighted by molar-refractivity contribution is 0.300. The smallest absolute Gasteiger partial charge is 0.122 e. The normalized spacial score (nSPS) is 10.5. The summed E-state index contributed by atoms with van der Waals surface area (Å²) < 4.78 is 17.1. The Balaban J connectivity index is 1.32. The van der Waals surface area contributed by atoms with Crippen LogP contribution in [0.2, 0.25) is 0 Å². The number of rotatable bonds is 9. The van der Waals surface area contributed by atoms with Gasteiger partial charge in [0.15, 0.2) is 0 Å². The van der Waals surface area contributed by atoms with Crippen molar-refractivity contribution < 1.29 is 14.2 Å². The van der Waals surface area contributed by atoms with Crippen molar-refractivity contribution in [2.75, 3.05) is 7.11 Å². The summed E-state index contributed by atoms with van der Waals surface area (Å²) >= 11 is 0. The predicted molar refractivity (Wildman–Crippen MR) is 131 cm³/mol. The van der Waals surface area contributed by atoms with Crippen LogP contribution in [0.25, 0.3) is 11.1 Å². The SMILES string of the molecule is COc1ccc(-c2ccc(OCc3cccc(COc4ccc(C(=N)N)cc4)c3)cc2)cc1. The van der Waals surface area contributed by atoms with Crippen LogP contribution in [0, 0.1) is 5.41 Å². The van der Waals surface area contributed by atoms with Crippen molar-refractivity contribution in [1.29, 1.82) is 5.41 Å². The number of hydrogen-bond donors (Lipinski definition) is 2. The topological polar surface area (TPSA) is 77.6 Å². The molecule has 0 unspecified atom stereocenters. The van der Waals surface area contributed by atoms with Crippen molar-refractivity contribution in [3.05, 3.63) is 114 Å². The van der Waals surface area contributed by atoms with Gasteiger partial charge in [-0.2, -0.15) is 0 Å². The van der Waals surface area contributed by atoms with Crippen LogP contribution in [0.5, 0.6) is 17.2 Å². The third kappa shape index (κ3) is 5.92. The Morgan fingerprint density at radius 2 is 1.12 bits per heavy atom. The van der Waals surface area contributed by atoms with E-state index in [1.54, 1.807) is 19.2 Å². The van der Waals surface area contributed by atoms with Gasteiger partial charge in [-0.25, -0.2) is 0 Å². The Labute approximate surface area is 193 Å². The fourth-order valence-corrected chi connectivity index (χ4v) is 3.40. The molecule has 33 heavy (non-hydrogen) atoms. The third-order valence-corrected chi connectivity index (χ3v) is 5.25. The van der Waals surface area contributed by atoms with Crippen LogP contribution in [-0.4, -0.2) is 12.9 Å². The molecule has 0 fully saturated rings. The average molecular weight is 439 g/mol. The van der Waals surface area contributed by atoms with Gasteiger partial charge in [0.2, 0.25) is 0 Å². The zero-order chi connectivity index (χ0) is 23.0. The van der Waals surface area contributed by atoms with Crippen LogP contribution in [0.4, 0.5) is 0 Å². The Bertz CT molecular complexity index is 1200. The third-order valence-electron chi connectivity index (χ3n) is 5.25. The largest absolute Gasteiger partial charge is 0.497 e. The van der Waals surface area contributed by atoms with Gasteiger partial charge >= 0.3 is 0 Å². The molecule has 0 aliphatic carbocycles. The summed E-state index contributed by atoms with van der Waals surface area (Å²) in [5.41, 5.74) is 10.5. The maximum Gasteiger partial charge on any atom is 0.122 e. The fraction of sp³-hybridized carbons (Fsp3) is 0.107. The van der Waals surface area contributed by atoms with Crippen LogP contribution in [-0.2, 0) is 13.2 Å². The molecule has 5 heteroatoms. The first kappa shape index (κ1) is 22.0. The van der Waals surface area contributed by atoms with Crippen molar-refractivity contribution in [2.24, 2.45) is 5.73 Å². The van der Waals surface area contributed by atoms with Crippen molar-refractivity contribution in [2.45, 2.75) is 13.2 Å². The van der Waals surface area contributed by atoms with Gasteiger partial charge in [0.25, 0.3) is 0 Å². The molecule has 0 aliphatic heterocycles. The van der Waals surface area contributed by atoms with E-state index in [-0.39, 0.29) is 5.84 Å². The lowest BCUT2D eigenvalue weighted by Gasteiger charge is -2.10. The Morgan fingerprint density at radius 3 is 1.58 bits per heavy atom. The Hall–Kier alpha value is -4.25. The number of ether oxygens (including phenoxy) is 3. The first-order valence-electron chi connectivity index (χ1n) is 10.6. The van der Waals surface area contributed by atoms with Crippen molar-refractivity contribution in [3.63, 3.8) is 0 Å². The number of nitrogen functional groups attached to an aromatic ring is 1. The zero-order valence-corrected chi connectivity index (χ0v) is 18.5. The van der Waals surface area contributed by atoms with E-state index < -0.39 is 0 Å². The van der Waals surface area contributed by atoms with Crippen LogP contribution < -0.4 is 19.9 Å². The summed E-state index contributed by atoms with van der Waals surface area (Å²) in [4.78, 5) is 0. The molecule has 0 aliphatic rings. The molecule has 3 N–H and O–H groups in total. The van der Waals surface area contributed by atoms with E-state index >= 15 is 0 Å². The highest BCUT2D eigenvalue weighted by Crippen LogP contribution is 2.25. The standard InChI is InChI=1S/C28H26N2O3/c1-31-25-11-5-22(6-12-25)23-7-13-26(14-8-23)32-18-20-3-2-4-21(17-20)19-33-27-15-9-24(10-16-27)28(29)30/h2-17H,18-19H2,1H3,(H3,29,30). The number of methoxy groups -OCH3 is 1. The van der Waals surface area contributed by atoms with E-state index in [0.29, 0.717) is 18.8 Å². The van der Waals surface area contributed by atoms with E-state index in [1.165, 1.54) is 0 Å². The van der Waals surface area contributed by atoms with Crippen LogP contribution in [0.3, 0.4) is 0 Å². The maximum absolute atomic E-state index is 7.45. The lowest BCUT2D eigenvalue weighted by Crippen LogP contribution is -2.10. The molecular formula is C28H26N2O3. The van der Waals surface area contributed by atoms with E-state index in [0.717, 1.165) is 39.5 Å². The van der Waals surface area contributed by atoms with Gasteiger partial charge in [0.1, 0.15) is 36.3 Å². The monoisotopic (exact) mass is 438 g/mol. The van der Waals surface area contributed by atoms with Crippen molar-refractivity contribution in [1.82, 2.24) is 0 Å². The number of benzene rings is 4. The highest BCUT2D eigenvalue weighted by Gasteiger charge is 2.03. The predicted octanol–water partition coefficient (Wildman–Crippen LogP) is 5.80. The summed E-state index contributed by atoms with van der Waals surface area (Å²) in [6.45, 7) is 0.923. The minimum Gasteiger partial charge on any atom is -0.497 e. The summed E-state index contributed by atoms with van der Waals surface area (Å²) in [6.07, 6.45) is 0. The first-order chi connectivity index (χ1) is 16.1. The number of amidine groups is 1.